The number of imidazole rings is 1. The Labute approximate surface area is 119 Å². The van der Waals surface area contributed by atoms with Gasteiger partial charge in [-0.15, -0.1) is 0 Å². The second kappa shape index (κ2) is 4.85. The topological polar surface area (TPSA) is 109 Å². The van der Waals surface area contributed by atoms with E-state index in [1.807, 2.05) is 0 Å². The summed E-state index contributed by atoms with van der Waals surface area (Å²) in [7, 11) is 1.79. The molecule has 0 saturated carbocycles. The van der Waals surface area contributed by atoms with Crippen LogP contribution in [0.4, 0.5) is 0 Å². The predicted octanol–water partition coefficient (Wildman–Crippen LogP) is -1.20. The molecule has 108 valence electrons. The molecule has 9 heteroatoms. The molecule has 1 aliphatic rings. The molecule has 1 fully saturated rings. The molecular formula is C11H15N5O3S. The Balaban J connectivity index is 2.12. The van der Waals surface area contributed by atoms with E-state index in [0.29, 0.717) is 11.2 Å². The number of thiol groups is 1. The van der Waals surface area contributed by atoms with Crippen molar-refractivity contribution in [2.45, 2.75) is 23.7 Å². The minimum Gasteiger partial charge on any atom is -0.394 e. The molecule has 0 unspecified atom stereocenters. The van der Waals surface area contributed by atoms with Crippen molar-refractivity contribution < 1.29 is 14.9 Å². The van der Waals surface area contributed by atoms with Gasteiger partial charge < -0.3 is 19.5 Å². The molecule has 0 spiro atoms. The van der Waals surface area contributed by atoms with E-state index in [1.54, 1.807) is 16.2 Å². The first-order valence-corrected chi connectivity index (χ1v) is 6.61. The summed E-state index contributed by atoms with van der Waals surface area (Å²) >= 11 is 4.36. The fourth-order valence-electron chi connectivity index (χ4n) is 2.43. The van der Waals surface area contributed by atoms with Crippen LogP contribution < -0.4 is 5.49 Å². The lowest BCUT2D eigenvalue weighted by atomic mass is 10.2. The first-order chi connectivity index (χ1) is 9.54. The average Bonchev–Trinajstić information content (AvgIpc) is 2.99. The van der Waals surface area contributed by atoms with Gasteiger partial charge in [-0.1, -0.05) is 0 Å². The van der Waals surface area contributed by atoms with E-state index in [2.05, 4.69) is 22.6 Å². The fraction of sp³-hybridized carbons (Fsp3) is 0.545. The second-order valence-corrected chi connectivity index (χ2v) is 5.35. The molecule has 0 radical (unpaired) electrons. The molecule has 0 amide bonds. The Morgan fingerprint density at radius 2 is 2.20 bits per heavy atom. The summed E-state index contributed by atoms with van der Waals surface area (Å²) in [6, 6.07) is 0. The normalized spacial score (nSPS) is 30.2. The highest BCUT2D eigenvalue weighted by atomic mass is 32.1. The van der Waals surface area contributed by atoms with Crippen molar-refractivity contribution >= 4 is 23.8 Å². The van der Waals surface area contributed by atoms with Gasteiger partial charge in [-0.25, -0.2) is 9.97 Å². The predicted molar refractivity (Wildman–Crippen MR) is 72.1 cm³/mol. The van der Waals surface area contributed by atoms with Gasteiger partial charge in [-0.05, 0) is 0 Å². The number of hydrogen-bond donors (Lipinski definition) is 4. The lowest BCUT2D eigenvalue weighted by molar-refractivity contribution is -0.0431. The smallest absolute Gasteiger partial charge is 0.176 e. The van der Waals surface area contributed by atoms with E-state index in [9.17, 15) is 10.2 Å². The minimum atomic E-state index is -0.867. The highest BCUT2D eigenvalue weighted by molar-refractivity contribution is 7.81. The number of rotatable bonds is 2. The molecule has 0 bridgehead atoms. The number of aliphatic hydroxyl groups excluding tert-OH is 2. The maximum atomic E-state index is 9.97. The van der Waals surface area contributed by atoms with Gasteiger partial charge in [0.2, 0.25) is 0 Å². The van der Waals surface area contributed by atoms with Crippen molar-refractivity contribution in [2.24, 2.45) is 7.05 Å². The maximum Gasteiger partial charge on any atom is 0.176 e. The lowest BCUT2D eigenvalue weighted by Crippen LogP contribution is -2.30. The number of aromatic nitrogens is 4. The lowest BCUT2D eigenvalue weighted by Gasteiger charge is -2.18. The number of aliphatic hydroxyl groups is 2. The molecule has 2 aromatic rings. The average molecular weight is 297 g/mol. The monoisotopic (exact) mass is 297 g/mol. The Morgan fingerprint density at radius 3 is 2.85 bits per heavy atom. The molecule has 8 nitrogen and oxygen atoms in total. The first kappa shape index (κ1) is 13.6. The van der Waals surface area contributed by atoms with Crippen molar-refractivity contribution in [3.63, 3.8) is 0 Å². The van der Waals surface area contributed by atoms with Crippen molar-refractivity contribution in [1.82, 2.24) is 19.1 Å². The van der Waals surface area contributed by atoms with Crippen LogP contribution >= 0.6 is 12.6 Å². The van der Waals surface area contributed by atoms with Crippen LogP contribution in [0.3, 0.4) is 0 Å². The van der Waals surface area contributed by atoms with Crippen LogP contribution in [-0.2, 0) is 11.8 Å². The Bertz CT molecular complexity index is 699. The largest absolute Gasteiger partial charge is 0.394 e. The van der Waals surface area contributed by atoms with Crippen molar-refractivity contribution in [1.29, 1.82) is 5.41 Å². The highest BCUT2D eigenvalue weighted by Crippen LogP contribution is 2.34. The molecule has 3 rings (SSSR count). The second-order valence-electron chi connectivity index (χ2n) is 4.76. The van der Waals surface area contributed by atoms with Crippen LogP contribution in [-0.4, -0.2) is 53.4 Å². The maximum absolute atomic E-state index is 9.97. The minimum absolute atomic E-state index is 0.0739. The van der Waals surface area contributed by atoms with E-state index < -0.39 is 23.7 Å². The zero-order valence-corrected chi connectivity index (χ0v) is 11.6. The molecule has 2 aromatic heterocycles. The Kier molecular flexibility index (Phi) is 3.28. The summed E-state index contributed by atoms with van der Waals surface area (Å²) in [5, 5.41) is 26.4. The third-order valence-electron chi connectivity index (χ3n) is 3.48. The van der Waals surface area contributed by atoms with Gasteiger partial charge in [0, 0.05) is 7.05 Å². The summed E-state index contributed by atoms with van der Waals surface area (Å²) < 4.78 is 9.06. The molecule has 3 heterocycles. The SMILES string of the molecule is Cn1cnc(=N)c2ncn([C@@H]3O[C@H](CO)[C@@H](O)[C@H]3S)c21. The third kappa shape index (κ3) is 1.85. The van der Waals surface area contributed by atoms with Gasteiger partial charge in [0.25, 0.3) is 0 Å². The van der Waals surface area contributed by atoms with Gasteiger partial charge >= 0.3 is 0 Å². The van der Waals surface area contributed by atoms with E-state index in [4.69, 9.17) is 10.1 Å². The standard InChI is InChI=1S/C11H15N5O3S/c1-15-3-14-9(12)6-10(15)16(4-13-6)11-8(20)7(18)5(2-17)19-11/h3-5,7-8,11-12,17-18,20H,2H2,1H3/t5-,7-,8-,11-/m1/s1. The Hall–Kier alpha value is -1.42. The summed E-state index contributed by atoms with van der Waals surface area (Å²) in [6.07, 6.45) is 0.940. The number of fused-ring (bicyclic) bond motifs is 1. The quantitative estimate of drug-likeness (QED) is 0.521. The zero-order valence-electron chi connectivity index (χ0n) is 10.7. The summed E-state index contributed by atoms with van der Waals surface area (Å²) in [5.74, 6) is 0. The molecule has 4 atom stereocenters. The summed E-state index contributed by atoms with van der Waals surface area (Å²) in [5.41, 5.74) is 1.17. The number of aryl methyl sites for hydroxylation is 1. The number of nitrogens with zero attached hydrogens (tertiary/aromatic N) is 4. The van der Waals surface area contributed by atoms with Crippen LogP contribution in [0.2, 0.25) is 0 Å². The van der Waals surface area contributed by atoms with Crippen LogP contribution in [0.1, 0.15) is 6.23 Å². The van der Waals surface area contributed by atoms with Gasteiger partial charge in [-0.3, -0.25) is 9.98 Å². The van der Waals surface area contributed by atoms with E-state index >= 15 is 0 Å². The molecule has 1 aliphatic heterocycles. The van der Waals surface area contributed by atoms with Gasteiger partial charge in [0.15, 0.2) is 11.7 Å². The van der Waals surface area contributed by atoms with E-state index in [1.165, 1.54) is 12.7 Å². The van der Waals surface area contributed by atoms with Crippen molar-refractivity contribution in [3.05, 3.63) is 18.1 Å². The molecule has 20 heavy (non-hydrogen) atoms. The van der Waals surface area contributed by atoms with E-state index in [0.717, 1.165) is 0 Å². The molecule has 3 N–H and O–H groups in total. The van der Waals surface area contributed by atoms with Crippen molar-refractivity contribution in [3.8, 4) is 0 Å². The first-order valence-electron chi connectivity index (χ1n) is 6.09. The molecule has 0 aliphatic carbocycles. The van der Waals surface area contributed by atoms with Crippen LogP contribution in [0.5, 0.6) is 0 Å². The van der Waals surface area contributed by atoms with E-state index in [-0.39, 0.29) is 12.1 Å². The number of ether oxygens (including phenoxy) is 1. The summed E-state index contributed by atoms with van der Waals surface area (Å²) in [4.78, 5) is 8.08. The molecule has 1 saturated heterocycles. The van der Waals surface area contributed by atoms with Crippen LogP contribution in [0.15, 0.2) is 12.7 Å². The fourth-order valence-corrected chi connectivity index (χ4v) is 2.83. The van der Waals surface area contributed by atoms with Crippen molar-refractivity contribution in [2.75, 3.05) is 6.61 Å². The molecule has 0 aromatic carbocycles. The summed E-state index contributed by atoms with van der Waals surface area (Å²) in [6.45, 7) is -0.279. The van der Waals surface area contributed by atoms with Crippen LogP contribution in [0, 0.1) is 5.41 Å². The number of hydrogen-bond acceptors (Lipinski definition) is 7. The number of nitrogens with one attached hydrogen (secondary N) is 1. The van der Waals surface area contributed by atoms with Gasteiger partial charge in [0.05, 0.1) is 30.6 Å². The zero-order chi connectivity index (χ0) is 14.4. The van der Waals surface area contributed by atoms with Gasteiger partial charge in [-0.2, -0.15) is 12.6 Å². The van der Waals surface area contributed by atoms with Crippen LogP contribution in [0.25, 0.3) is 11.2 Å². The van der Waals surface area contributed by atoms with Gasteiger partial charge in [0.1, 0.15) is 17.3 Å². The molecular weight excluding hydrogens is 282 g/mol. The highest BCUT2D eigenvalue weighted by Gasteiger charge is 2.42. The third-order valence-corrected chi connectivity index (χ3v) is 4.04. The Morgan fingerprint density at radius 1 is 1.45 bits per heavy atom.